The molecule has 0 fully saturated rings. The van der Waals surface area contributed by atoms with Crippen LogP contribution >= 0.6 is 0 Å². The molecular weight excluding hydrogens is 314 g/mol. The Morgan fingerprint density at radius 2 is 2.00 bits per heavy atom. The minimum absolute atomic E-state index is 0.179. The Bertz CT molecular complexity index is 1010. The van der Waals surface area contributed by atoms with Crippen LogP contribution in [0.2, 0.25) is 0 Å². The van der Waals surface area contributed by atoms with E-state index in [9.17, 15) is 9.90 Å². The smallest absolute Gasteiger partial charge is 0.335 e. The summed E-state index contributed by atoms with van der Waals surface area (Å²) in [5.74, 6) is 0.342. The molecule has 25 heavy (non-hydrogen) atoms. The number of nitrogens with one attached hydrogen (secondary N) is 1. The van der Waals surface area contributed by atoms with E-state index in [0.29, 0.717) is 12.2 Å². The largest absolute Gasteiger partial charge is 0.493 e. The maximum atomic E-state index is 11.2. The summed E-state index contributed by atoms with van der Waals surface area (Å²) in [5, 5.41) is 15.3. The molecule has 0 unspecified atom stereocenters. The zero-order chi connectivity index (χ0) is 17.0. The molecule has 0 amide bonds. The van der Waals surface area contributed by atoms with Gasteiger partial charge in [0.25, 0.3) is 0 Å². The molecular formula is C21H17NO3. The minimum atomic E-state index is -0.888. The summed E-state index contributed by atoms with van der Waals surface area (Å²) >= 11 is 0. The minimum Gasteiger partial charge on any atom is -0.493 e. The van der Waals surface area contributed by atoms with Gasteiger partial charge in [-0.2, -0.15) is 0 Å². The molecule has 0 saturated carbocycles. The van der Waals surface area contributed by atoms with Crippen molar-refractivity contribution in [2.75, 3.05) is 11.9 Å². The number of carbonyl (C=O) groups is 1. The number of hydrogen-bond acceptors (Lipinski definition) is 3. The maximum Gasteiger partial charge on any atom is 0.335 e. The van der Waals surface area contributed by atoms with E-state index in [1.165, 1.54) is 16.3 Å². The van der Waals surface area contributed by atoms with Crippen LogP contribution in [0.3, 0.4) is 0 Å². The number of anilines is 1. The second kappa shape index (κ2) is 5.24. The number of carboxylic acids is 1. The molecule has 3 aromatic carbocycles. The topological polar surface area (TPSA) is 58.6 Å². The summed E-state index contributed by atoms with van der Waals surface area (Å²) in [5.41, 5.74) is 3.62. The first kappa shape index (κ1) is 14.3. The van der Waals surface area contributed by atoms with E-state index in [0.717, 1.165) is 23.4 Å². The van der Waals surface area contributed by atoms with Crippen LogP contribution in [0.4, 0.5) is 5.69 Å². The molecule has 2 aliphatic rings. The van der Waals surface area contributed by atoms with Gasteiger partial charge in [0.05, 0.1) is 18.2 Å². The van der Waals surface area contributed by atoms with Crippen LogP contribution in [0.15, 0.2) is 54.6 Å². The summed E-state index contributed by atoms with van der Waals surface area (Å²) < 4.78 is 6.04. The van der Waals surface area contributed by atoms with E-state index in [4.69, 9.17) is 4.74 Å². The van der Waals surface area contributed by atoms with Crippen molar-refractivity contribution in [1.29, 1.82) is 0 Å². The first-order chi connectivity index (χ1) is 12.2. The molecule has 2 atom stereocenters. The van der Waals surface area contributed by atoms with E-state index in [1.807, 2.05) is 12.1 Å². The van der Waals surface area contributed by atoms with Gasteiger partial charge < -0.3 is 15.2 Å². The third-order valence-electron chi connectivity index (χ3n) is 5.31. The molecule has 0 radical (unpaired) electrons. The summed E-state index contributed by atoms with van der Waals surface area (Å²) in [6.07, 6.45) is 0.816. The Hall–Kier alpha value is -3.01. The average molecular weight is 331 g/mol. The van der Waals surface area contributed by atoms with Gasteiger partial charge in [0.2, 0.25) is 0 Å². The lowest BCUT2D eigenvalue weighted by molar-refractivity contribution is 0.0696. The van der Waals surface area contributed by atoms with Gasteiger partial charge in [0.15, 0.2) is 0 Å². The second-order valence-electron chi connectivity index (χ2n) is 6.77. The number of hydrogen-bond donors (Lipinski definition) is 2. The fourth-order valence-electron chi connectivity index (χ4n) is 4.10. The third kappa shape index (κ3) is 2.18. The molecule has 4 nitrogen and oxygen atoms in total. The summed E-state index contributed by atoms with van der Waals surface area (Å²) in [4.78, 5) is 11.2. The molecule has 0 spiro atoms. The molecule has 2 aliphatic heterocycles. The molecule has 2 N–H and O–H groups in total. The highest BCUT2D eigenvalue weighted by molar-refractivity contribution is 5.90. The van der Waals surface area contributed by atoms with Gasteiger partial charge in [0.1, 0.15) is 5.75 Å². The summed E-state index contributed by atoms with van der Waals surface area (Å²) in [7, 11) is 0. The van der Waals surface area contributed by atoms with Gasteiger partial charge in [-0.3, -0.25) is 0 Å². The Morgan fingerprint density at radius 1 is 1.12 bits per heavy atom. The van der Waals surface area contributed by atoms with E-state index in [-0.39, 0.29) is 12.0 Å². The van der Waals surface area contributed by atoms with Crippen LogP contribution in [-0.4, -0.2) is 17.7 Å². The van der Waals surface area contributed by atoms with Crippen molar-refractivity contribution >= 4 is 22.4 Å². The van der Waals surface area contributed by atoms with Gasteiger partial charge in [-0.25, -0.2) is 4.79 Å². The van der Waals surface area contributed by atoms with Gasteiger partial charge in [-0.05, 0) is 47.0 Å². The highest BCUT2D eigenvalue weighted by Crippen LogP contribution is 2.46. The zero-order valence-corrected chi connectivity index (χ0v) is 13.5. The Morgan fingerprint density at radius 3 is 2.88 bits per heavy atom. The summed E-state index contributed by atoms with van der Waals surface area (Å²) in [6.45, 7) is 0.639. The molecule has 124 valence electrons. The fraction of sp³-hybridized carbons (Fsp3) is 0.190. The van der Waals surface area contributed by atoms with E-state index < -0.39 is 5.97 Å². The van der Waals surface area contributed by atoms with Crippen LogP contribution in [0.1, 0.15) is 27.5 Å². The van der Waals surface area contributed by atoms with Crippen molar-refractivity contribution in [2.45, 2.75) is 12.5 Å². The number of fused-ring (bicyclic) bond motifs is 6. The number of rotatable bonds is 1. The van der Waals surface area contributed by atoms with Gasteiger partial charge in [-0.1, -0.05) is 30.3 Å². The number of carboxylic acid groups (broad SMARTS) is 1. The second-order valence-corrected chi connectivity index (χ2v) is 6.77. The number of aromatic carboxylic acids is 1. The molecule has 0 aliphatic carbocycles. The molecule has 0 saturated heterocycles. The lowest BCUT2D eigenvalue weighted by Crippen LogP contribution is -2.35. The van der Waals surface area contributed by atoms with Gasteiger partial charge >= 0.3 is 5.97 Å². The predicted molar refractivity (Wildman–Crippen MR) is 96.4 cm³/mol. The van der Waals surface area contributed by atoms with Crippen LogP contribution < -0.4 is 10.1 Å². The molecule has 5 rings (SSSR count). The molecule has 3 aromatic rings. The van der Waals surface area contributed by atoms with Gasteiger partial charge in [-0.15, -0.1) is 0 Å². The fourth-order valence-corrected chi connectivity index (χ4v) is 4.10. The standard InChI is InChI=1S/C21H17NO3/c23-21(24)13-5-7-17-14(9-13)10-15-11-25-18-8-6-12-3-1-2-4-16(12)19(18)20(15)22-17/h1-9,15,20,22H,10-11H2,(H,23,24)/t15-,20-/m1/s1. The monoisotopic (exact) mass is 331 g/mol. The van der Waals surface area contributed by atoms with Crippen molar-refractivity contribution in [3.63, 3.8) is 0 Å². The number of benzene rings is 3. The van der Waals surface area contributed by atoms with Gasteiger partial charge in [0, 0.05) is 17.2 Å². The molecule has 0 bridgehead atoms. The van der Waals surface area contributed by atoms with E-state index >= 15 is 0 Å². The highest BCUT2D eigenvalue weighted by Gasteiger charge is 2.36. The first-order valence-electron chi connectivity index (χ1n) is 8.48. The molecule has 2 heterocycles. The van der Waals surface area contributed by atoms with Crippen molar-refractivity contribution < 1.29 is 14.6 Å². The van der Waals surface area contributed by atoms with Crippen LogP contribution in [0, 0.1) is 5.92 Å². The normalized spacial score (nSPS) is 20.6. The van der Waals surface area contributed by atoms with Crippen LogP contribution in [0.5, 0.6) is 5.75 Å². The van der Waals surface area contributed by atoms with Crippen molar-refractivity contribution in [2.24, 2.45) is 5.92 Å². The zero-order valence-electron chi connectivity index (χ0n) is 13.5. The molecule has 0 aromatic heterocycles. The number of ether oxygens (including phenoxy) is 1. The first-order valence-corrected chi connectivity index (χ1v) is 8.48. The van der Waals surface area contributed by atoms with Crippen LogP contribution in [0.25, 0.3) is 10.8 Å². The Labute approximate surface area is 145 Å². The summed E-state index contributed by atoms with van der Waals surface area (Å²) in [6, 6.07) is 18.0. The van der Waals surface area contributed by atoms with Crippen molar-refractivity contribution in [3.8, 4) is 5.75 Å². The van der Waals surface area contributed by atoms with Crippen molar-refractivity contribution in [3.05, 3.63) is 71.3 Å². The quantitative estimate of drug-likeness (QED) is 0.700. The predicted octanol–water partition coefficient (Wildman–Crippen LogP) is 4.26. The average Bonchev–Trinajstić information content (AvgIpc) is 2.65. The SMILES string of the molecule is O=C(O)c1ccc2c(c1)C[C@@H]1COc3ccc4ccccc4c3[C@@H]1N2. The maximum absolute atomic E-state index is 11.2. The van der Waals surface area contributed by atoms with Crippen molar-refractivity contribution in [1.82, 2.24) is 0 Å². The Balaban J connectivity index is 1.63. The Kier molecular flexibility index (Phi) is 3.01. The highest BCUT2D eigenvalue weighted by atomic mass is 16.5. The van der Waals surface area contributed by atoms with E-state index in [2.05, 4.69) is 35.6 Å². The van der Waals surface area contributed by atoms with E-state index in [1.54, 1.807) is 12.1 Å². The third-order valence-corrected chi connectivity index (χ3v) is 5.31. The molecule has 4 heteroatoms. The lowest BCUT2D eigenvalue weighted by atomic mass is 9.80. The van der Waals surface area contributed by atoms with Crippen LogP contribution in [-0.2, 0) is 6.42 Å². The lowest BCUT2D eigenvalue weighted by Gasteiger charge is -2.39.